The van der Waals surface area contributed by atoms with Gasteiger partial charge in [0.1, 0.15) is 5.82 Å². The number of fused-ring (bicyclic) bond motifs is 2. The largest absolute Gasteiger partial charge is 0.341 e. The second-order valence-corrected chi connectivity index (χ2v) is 9.94. The average Bonchev–Trinajstić information content (AvgIpc) is 3.24. The van der Waals surface area contributed by atoms with Gasteiger partial charge in [0.05, 0.1) is 6.20 Å². The topological polar surface area (TPSA) is 51.0 Å². The Morgan fingerprint density at radius 1 is 1.14 bits per heavy atom. The van der Waals surface area contributed by atoms with Crippen molar-refractivity contribution >= 4 is 5.91 Å². The van der Waals surface area contributed by atoms with Crippen LogP contribution in [0.5, 0.6) is 0 Å². The van der Waals surface area contributed by atoms with Gasteiger partial charge in [-0.05, 0) is 53.6 Å². The molecule has 4 aromatic rings. The molecule has 2 aliphatic carbocycles. The summed E-state index contributed by atoms with van der Waals surface area (Å²) in [6.45, 7) is 0.391. The van der Waals surface area contributed by atoms with Crippen LogP contribution in [0.1, 0.15) is 29.5 Å². The molecular weight excluding hydrogens is 439 g/mol. The summed E-state index contributed by atoms with van der Waals surface area (Å²) in [7, 11) is 3.74. The molecule has 2 heterocycles. The second-order valence-electron chi connectivity index (χ2n) is 9.94. The summed E-state index contributed by atoms with van der Waals surface area (Å²) in [4.78, 5) is 19.2. The number of aryl methyl sites for hydroxylation is 2. The number of benzene rings is 2. The van der Waals surface area contributed by atoms with Crippen LogP contribution in [0, 0.1) is 11.7 Å². The van der Waals surface area contributed by atoms with Crippen LogP contribution in [0.25, 0.3) is 22.3 Å². The van der Waals surface area contributed by atoms with E-state index in [4.69, 9.17) is 0 Å². The third-order valence-corrected chi connectivity index (χ3v) is 7.70. The predicted octanol–water partition coefficient (Wildman–Crippen LogP) is 5.15. The summed E-state index contributed by atoms with van der Waals surface area (Å²) in [6, 6.07) is 15.4. The van der Waals surface area contributed by atoms with Gasteiger partial charge in [-0.15, -0.1) is 0 Å². The van der Waals surface area contributed by atoms with Gasteiger partial charge in [0.15, 0.2) is 0 Å². The number of rotatable bonds is 5. The molecule has 2 aromatic heterocycles. The molecule has 0 radical (unpaired) electrons. The van der Waals surface area contributed by atoms with E-state index in [1.54, 1.807) is 29.4 Å². The Balaban J connectivity index is 1.16. The van der Waals surface area contributed by atoms with Gasteiger partial charge in [-0.25, -0.2) is 4.39 Å². The molecule has 176 valence electrons. The van der Waals surface area contributed by atoms with Gasteiger partial charge in [0, 0.05) is 67.3 Å². The average molecular weight is 467 g/mol. The number of halogens is 1. The van der Waals surface area contributed by atoms with Crippen LogP contribution in [0.15, 0.2) is 73.3 Å². The number of carbonyl (C=O) groups is 1. The standard InChI is InChI=1S/C29H27FN4O/c1-33(17-19-5-7-24(27(30)12-19)22-4-3-11-31-15-22)28(35)26-14-29(26)10-9-21-13-20(6-8-25(21)29)23-16-32-34(2)18-23/h3-8,11-13,15-16,18,26H,9-10,14,17H2,1-2H3. The molecule has 2 atom stereocenters. The Bertz CT molecular complexity index is 1430. The number of amides is 1. The van der Waals surface area contributed by atoms with Crippen LogP contribution in [-0.4, -0.2) is 32.6 Å². The molecule has 2 aliphatic rings. The summed E-state index contributed by atoms with van der Waals surface area (Å²) in [5, 5.41) is 4.28. The van der Waals surface area contributed by atoms with Crippen LogP contribution in [0.2, 0.25) is 0 Å². The zero-order chi connectivity index (χ0) is 24.2. The third-order valence-electron chi connectivity index (χ3n) is 7.70. The quantitative estimate of drug-likeness (QED) is 0.409. The van der Waals surface area contributed by atoms with E-state index in [1.165, 1.54) is 22.8 Å². The van der Waals surface area contributed by atoms with Gasteiger partial charge in [-0.3, -0.25) is 14.5 Å². The van der Waals surface area contributed by atoms with Crippen molar-refractivity contribution in [1.82, 2.24) is 19.7 Å². The molecule has 0 N–H and O–H groups in total. The predicted molar refractivity (Wildman–Crippen MR) is 133 cm³/mol. The molecule has 1 fully saturated rings. The van der Waals surface area contributed by atoms with E-state index in [2.05, 4.69) is 28.3 Å². The molecule has 1 saturated carbocycles. The molecule has 0 saturated heterocycles. The maximum absolute atomic E-state index is 14.8. The summed E-state index contributed by atoms with van der Waals surface area (Å²) >= 11 is 0. The smallest absolute Gasteiger partial charge is 0.226 e. The number of pyridine rings is 1. The Labute approximate surface area is 204 Å². The van der Waals surface area contributed by atoms with Crippen LogP contribution < -0.4 is 0 Å². The van der Waals surface area contributed by atoms with Gasteiger partial charge in [-0.1, -0.05) is 36.4 Å². The van der Waals surface area contributed by atoms with E-state index in [9.17, 15) is 9.18 Å². The molecule has 35 heavy (non-hydrogen) atoms. The highest BCUT2D eigenvalue weighted by molar-refractivity contribution is 5.85. The Morgan fingerprint density at radius 2 is 2.03 bits per heavy atom. The van der Waals surface area contributed by atoms with Crippen molar-refractivity contribution in [3.05, 3.63) is 95.8 Å². The van der Waals surface area contributed by atoms with Gasteiger partial charge >= 0.3 is 0 Å². The van der Waals surface area contributed by atoms with Crippen molar-refractivity contribution < 1.29 is 9.18 Å². The Kier molecular flexibility index (Phi) is 5.06. The van der Waals surface area contributed by atoms with E-state index in [0.29, 0.717) is 12.1 Å². The van der Waals surface area contributed by atoms with Gasteiger partial charge in [0.25, 0.3) is 0 Å². The van der Waals surface area contributed by atoms with E-state index in [1.807, 2.05) is 43.3 Å². The lowest BCUT2D eigenvalue weighted by molar-refractivity contribution is -0.132. The van der Waals surface area contributed by atoms with E-state index in [-0.39, 0.29) is 23.1 Å². The van der Waals surface area contributed by atoms with E-state index in [0.717, 1.165) is 36.0 Å². The fraction of sp³-hybridized carbons (Fsp3) is 0.276. The third kappa shape index (κ3) is 3.73. The lowest BCUT2D eigenvalue weighted by Gasteiger charge is -2.20. The second kappa shape index (κ2) is 8.15. The van der Waals surface area contributed by atoms with E-state index >= 15 is 0 Å². The Hall–Kier alpha value is -3.80. The minimum Gasteiger partial charge on any atom is -0.341 e. The minimum absolute atomic E-state index is 0.00231. The van der Waals surface area contributed by atoms with Crippen LogP contribution in [-0.2, 0) is 30.2 Å². The lowest BCUT2D eigenvalue weighted by atomic mass is 9.93. The summed E-state index contributed by atoms with van der Waals surface area (Å²) < 4.78 is 16.6. The first-order valence-electron chi connectivity index (χ1n) is 12.0. The van der Waals surface area contributed by atoms with Crippen molar-refractivity contribution in [2.24, 2.45) is 13.0 Å². The first kappa shape index (κ1) is 21.7. The fourth-order valence-electron chi connectivity index (χ4n) is 5.76. The number of aromatic nitrogens is 3. The highest BCUT2D eigenvalue weighted by atomic mass is 19.1. The summed E-state index contributed by atoms with van der Waals surface area (Å²) in [5.74, 6) is -0.156. The molecule has 0 aliphatic heterocycles. The minimum atomic E-state index is -0.298. The fourth-order valence-corrected chi connectivity index (χ4v) is 5.76. The molecule has 6 rings (SSSR count). The molecule has 1 amide bonds. The highest BCUT2D eigenvalue weighted by Gasteiger charge is 2.61. The summed E-state index contributed by atoms with van der Waals surface area (Å²) in [6.07, 6.45) is 10.1. The highest BCUT2D eigenvalue weighted by Crippen LogP contribution is 2.62. The van der Waals surface area contributed by atoms with Crippen molar-refractivity contribution in [2.75, 3.05) is 7.05 Å². The van der Waals surface area contributed by atoms with Gasteiger partial charge < -0.3 is 4.90 Å². The number of hydrogen-bond donors (Lipinski definition) is 0. The molecule has 2 aromatic carbocycles. The van der Waals surface area contributed by atoms with Gasteiger partial charge in [0.2, 0.25) is 5.91 Å². The molecule has 6 heteroatoms. The number of carbonyl (C=O) groups excluding carboxylic acids is 1. The van der Waals surface area contributed by atoms with Crippen molar-refractivity contribution in [1.29, 1.82) is 0 Å². The maximum Gasteiger partial charge on any atom is 0.226 e. The summed E-state index contributed by atoms with van der Waals surface area (Å²) in [5.41, 5.74) is 6.96. The molecular formula is C29H27FN4O. The SMILES string of the molecule is CN(Cc1ccc(-c2cccnc2)c(F)c1)C(=O)C1CC12CCc1cc(-c3cnn(C)c3)ccc12. The van der Waals surface area contributed by atoms with Crippen molar-refractivity contribution in [3.8, 4) is 22.3 Å². The zero-order valence-electron chi connectivity index (χ0n) is 19.9. The first-order chi connectivity index (χ1) is 16.9. The maximum atomic E-state index is 14.8. The zero-order valence-corrected chi connectivity index (χ0v) is 19.9. The van der Waals surface area contributed by atoms with Crippen LogP contribution in [0.4, 0.5) is 4.39 Å². The van der Waals surface area contributed by atoms with Crippen molar-refractivity contribution in [3.63, 3.8) is 0 Å². The molecule has 1 spiro atoms. The lowest BCUT2D eigenvalue weighted by Crippen LogP contribution is -2.30. The normalized spacial score (nSPS) is 20.1. The number of nitrogens with zero attached hydrogens (tertiary/aromatic N) is 4. The Morgan fingerprint density at radius 3 is 2.77 bits per heavy atom. The molecule has 5 nitrogen and oxygen atoms in total. The van der Waals surface area contributed by atoms with Gasteiger partial charge in [-0.2, -0.15) is 5.10 Å². The monoisotopic (exact) mass is 466 g/mol. The molecule has 0 bridgehead atoms. The number of hydrogen-bond acceptors (Lipinski definition) is 3. The van der Waals surface area contributed by atoms with Crippen LogP contribution in [0.3, 0.4) is 0 Å². The van der Waals surface area contributed by atoms with Crippen molar-refractivity contribution in [2.45, 2.75) is 31.2 Å². The molecule has 2 unspecified atom stereocenters. The van der Waals surface area contributed by atoms with E-state index < -0.39 is 0 Å². The first-order valence-corrected chi connectivity index (χ1v) is 12.0. The van der Waals surface area contributed by atoms with Crippen LogP contribution >= 0.6 is 0 Å².